The van der Waals surface area contributed by atoms with E-state index < -0.39 is 17.3 Å². The number of rotatable bonds is 4. The summed E-state index contributed by atoms with van der Waals surface area (Å²) < 4.78 is 13.0. The summed E-state index contributed by atoms with van der Waals surface area (Å²) >= 11 is 0. The molecule has 1 aromatic carbocycles. The molecule has 3 N–H and O–H groups in total. The average molecular weight is 273 g/mol. The summed E-state index contributed by atoms with van der Waals surface area (Å²) in [6.07, 6.45) is 1.06. The molecule has 1 aromatic heterocycles. The number of nitrogens with zero attached hydrogens (tertiary/aromatic N) is 1. The van der Waals surface area contributed by atoms with Gasteiger partial charge in [-0.25, -0.2) is 4.39 Å². The molecule has 2 rings (SSSR count). The van der Waals surface area contributed by atoms with Crippen LogP contribution in [0, 0.1) is 12.7 Å². The molecule has 0 spiro atoms. The van der Waals surface area contributed by atoms with Gasteiger partial charge in [-0.15, -0.1) is 0 Å². The van der Waals surface area contributed by atoms with E-state index in [0.29, 0.717) is 5.69 Å². The Morgan fingerprint density at radius 3 is 2.65 bits per heavy atom. The van der Waals surface area contributed by atoms with E-state index >= 15 is 0 Å². The van der Waals surface area contributed by atoms with Crippen molar-refractivity contribution in [1.82, 2.24) is 4.98 Å². The third-order valence-corrected chi connectivity index (χ3v) is 3.14. The molecule has 0 saturated carbocycles. The van der Waals surface area contributed by atoms with Crippen LogP contribution >= 0.6 is 0 Å². The van der Waals surface area contributed by atoms with Crippen LogP contribution < -0.4 is 11.1 Å². The molecular weight excluding hydrogens is 257 g/mol. The first-order chi connectivity index (χ1) is 9.41. The van der Waals surface area contributed by atoms with Gasteiger partial charge in [-0.3, -0.25) is 9.78 Å². The van der Waals surface area contributed by atoms with Crippen LogP contribution in [-0.4, -0.2) is 10.9 Å². The van der Waals surface area contributed by atoms with Gasteiger partial charge in [0.05, 0.1) is 11.9 Å². The number of carbonyl (C=O) groups is 1. The molecule has 20 heavy (non-hydrogen) atoms. The van der Waals surface area contributed by atoms with Crippen LogP contribution in [0.2, 0.25) is 0 Å². The molecule has 1 atom stereocenters. The highest BCUT2D eigenvalue weighted by Crippen LogP contribution is 2.25. The Hall–Kier alpha value is -2.43. The zero-order valence-corrected chi connectivity index (χ0v) is 11.4. The van der Waals surface area contributed by atoms with Gasteiger partial charge in [0.15, 0.2) is 5.54 Å². The lowest BCUT2D eigenvalue weighted by Crippen LogP contribution is -2.45. The van der Waals surface area contributed by atoms with E-state index in [1.54, 1.807) is 6.92 Å². The molecule has 0 aliphatic heterocycles. The minimum Gasteiger partial charge on any atom is -0.367 e. The van der Waals surface area contributed by atoms with E-state index in [9.17, 15) is 9.18 Å². The van der Waals surface area contributed by atoms with Crippen LogP contribution in [0.3, 0.4) is 0 Å². The Labute approximate surface area is 116 Å². The zero-order chi connectivity index (χ0) is 14.8. The van der Waals surface area contributed by atoms with Gasteiger partial charge in [0.25, 0.3) is 0 Å². The van der Waals surface area contributed by atoms with Gasteiger partial charge in [0.1, 0.15) is 5.82 Å². The van der Waals surface area contributed by atoms with Crippen LogP contribution in [0.25, 0.3) is 0 Å². The summed E-state index contributed by atoms with van der Waals surface area (Å²) in [6.45, 7) is 3.57. The number of anilines is 1. The monoisotopic (exact) mass is 273 g/mol. The zero-order valence-electron chi connectivity index (χ0n) is 11.4. The summed E-state index contributed by atoms with van der Waals surface area (Å²) in [4.78, 5) is 15.8. The second-order valence-electron chi connectivity index (χ2n) is 4.85. The predicted octanol–water partition coefficient (Wildman–Crippen LogP) is 2.34. The topological polar surface area (TPSA) is 68.0 Å². The maximum Gasteiger partial charge on any atom is 0.249 e. The summed E-state index contributed by atoms with van der Waals surface area (Å²) in [5.41, 5.74) is 6.45. The van der Waals surface area contributed by atoms with Gasteiger partial charge in [-0.05, 0) is 43.7 Å². The number of carbonyl (C=O) groups excluding carboxylic acids is 1. The molecule has 2 aromatic rings. The third-order valence-electron chi connectivity index (χ3n) is 3.14. The van der Waals surface area contributed by atoms with E-state index in [1.165, 1.54) is 12.1 Å². The maximum atomic E-state index is 13.0. The van der Waals surface area contributed by atoms with Gasteiger partial charge in [-0.2, -0.15) is 0 Å². The number of aryl methyl sites for hydroxylation is 1. The van der Waals surface area contributed by atoms with E-state index in [2.05, 4.69) is 10.3 Å². The number of halogens is 1. The van der Waals surface area contributed by atoms with Crippen molar-refractivity contribution in [3.05, 3.63) is 59.7 Å². The van der Waals surface area contributed by atoms with Crippen molar-refractivity contribution in [3.63, 3.8) is 0 Å². The molecule has 0 radical (unpaired) electrons. The van der Waals surface area contributed by atoms with E-state index in [4.69, 9.17) is 5.73 Å². The van der Waals surface area contributed by atoms with Crippen LogP contribution in [-0.2, 0) is 10.3 Å². The van der Waals surface area contributed by atoms with Crippen molar-refractivity contribution in [2.24, 2.45) is 5.73 Å². The van der Waals surface area contributed by atoms with E-state index in [1.807, 2.05) is 31.2 Å². The highest BCUT2D eigenvalue weighted by Gasteiger charge is 2.34. The standard InChI is InChI=1S/C15H16FN3O/c1-10-4-3-5-12(8-10)19-15(2,14(17)20)13-7-6-11(16)9-18-13/h3-9,19H,1-2H3,(H2,17,20). The van der Waals surface area contributed by atoms with Crippen molar-refractivity contribution in [2.45, 2.75) is 19.4 Å². The first-order valence-corrected chi connectivity index (χ1v) is 6.18. The Bertz CT molecular complexity index is 627. The smallest absolute Gasteiger partial charge is 0.249 e. The molecular formula is C15H16FN3O. The maximum absolute atomic E-state index is 13.0. The molecule has 0 aliphatic rings. The number of hydrogen-bond donors (Lipinski definition) is 2. The van der Waals surface area contributed by atoms with E-state index in [0.717, 1.165) is 17.4 Å². The van der Waals surface area contributed by atoms with Gasteiger partial charge in [0, 0.05) is 5.69 Å². The van der Waals surface area contributed by atoms with E-state index in [-0.39, 0.29) is 0 Å². The number of pyridine rings is 1. The second kappa shape index (κ2) is 5.28. The number of nitrogens with two attached hydrogens (primary N) is 1. The number of primary amides is 1. The van der Waals surface area contributed by atoms with Crippen LogP contribution in [0.15, 0.2) is 42.6 Å². The third kappa shape index (κ3) is 2.77. The molecule has 1 amide bonds. The van der Waals surface area contributed by atoms with Crippen LogP contribution in [0.5, 0.6) is 0 Å². The van der Waals surface area contributed by atoms with Crippen molar-refractivity contribution < 1.29 is 9.18 Å². The summed E-state index contributed by atoms with van der Waals surface area (Å²) in [5, 5.41) is 3.07. The number of amides is 1. The highest BCUT2D eigenvalue weighted by molar-refractivity contribution is 5.88. The number of aromatic nitrogens is 1. The fraction of sp³-hybridized carbons (Fsp3) is 0.200. The second-order valence-corrected chi connectivity index (χ2v) is 4.85. The predicted molar refractivity (Wildman–Crippen MR) is 75.5 cm³/mol. The van der Waals surface area contributed by atoms with Crippen LogP contribution in [0.1, 0.15) is 18.2 Å². The Balaban J connectivity index is 2.39. The molecule has 0 saturated heterocycles. The van der Waals surface area contributed by atoms with Gasteiger partial charge in [-0.1, -0.05) is 12.1 Å². The number of hydrogen-bond acceptors (Lipinski definition) is 3. The molecule has 1 unspecified atom stereocenters. The molecule has 5 heteroatoms. The molecule has 0 fully saturated rings. The number of nitrogens with one attached hydrogen (secondary N) is 1. The first-order valence-electron chi connectivity index (χ1n) is 6.18. The molecule has 0 bridgehead atoms. The Kier molecular flexibility index (Phi) is 3.70. The fourth-order valence-electron chi connectivity index (χ4n) is 1.93. The normalized spacial score (nSPS) is 13.6. The van der Waals surface area contributed by atoms with Gasteiger partial charge in [0.2, 0.25) is 5.91 Å². The van der Waals surface area contributed by atoms with Crippen molar-refractivity contribution >= 4 is 11.6 Å². The van der Waals surface area contributed by atoms with Crippen molar-refractivity contribution in [2.75, 3.05) is 5.32 Å². The highest BCUT2D eigenvalue weighted by atomic mass is 19.1. The summed E-state index contributed by atoms with van der Waals surface area (Å²) in [5.74, 6) is -1.05. The largest absolute Gasteiger partial charge is 0.367 e. The molecule has 4 nitrogen and oxygen atoms in total. The lowest BCUT2D eigenvalue weighted by Gasteiger charge is -2.28. The molecule has 104 valence electrons. The molecule has 0 aliphatic carbocycles. The SMILES string of the molecule is Cc1cccc(NC(C)(C(N)=O)c2ccc(F)cn2)c1. The lowest BCUT2D eigenvalue weighted by molar-refractivity contribution is -0.122. The summed E-state index contributed by atoms with van der Waals surface area (Å²) in [6, 6.07) is 10.2. The average Bonchev–Trinajstić information content (AvgIpc) is 2.39. The summed E-state index contributed by atoms with van der Waals surface area (Å²) in [7, 11) is 0. The van der Waals surface area contributed by atoms with Gasteiger partial charge >= 0.3 is 0 Å². The van der Waals surface area contributed by atoms with Crippen molar-refractivity contribution in [1.29, 1.82) is 0 Å². The minimum absolute atomic E-state index is 0.368. The first kappa shape index (κ1) is 14.0. The Morgan fingerprint density at radius 1 is 1.35 bits per heavy atom. The van der Waals surface area contributed by atoms with Gasteiger partial charge < -0.3 is 11.1 Å². The van der Waals surface area contributed by atoms with Crippen molar-refractivity contribution in [3.8, 4) is 0 Å². The number of benzene rings is 1. The lowest BCUT2D eigenvalue weighted by atomic mass is 9.95. The van der Waals surface area contributed by atoms with Crippen LogP contribution in [0.4, 0.5) is 10.1 Å². The molecule has 1 heterocycles. The minimum atomic E-state index is -1.21. The Morgan fingerprint density at radius 2 is 2.10 bits per heavy atom. The fourth-order valence-corrected chi connectivity index (χ4v) is 1.93. The quantitative estimate of drug-likeness (QED) is 0.898.